The molecule has 0 saturated heterocycles. The highest BCUT2D eigenvalue weighted by molar-refractivity contribution is 14.1. The number of halogens is 2. The second-order valence-electron chi connectivity index (χ2n) is 4.77. The van der Waals surface area contributed by atoms with Gasteiger partial charge >= 0.3 is 0 Å². The maximum absolute atomic E-state index is 11.2. The summed E-state index contributed by atoms with van der Waals surface area (Å²) in [6, 6.07) is 5.78. The number of hydrogen-bond acceptors (Lipinski definition) is 8. The van der Waals surface area contributed by atoms with E-state index in [9.17, 15) is 8.42 Å². The van der Waals surface area contributed by atoms with Gasteiger partial charge in [0.2, 0.25) is 17.2 Å². The molecule has 0 radical (unpaired) electrons. The van der Waals surface area contributed by atoms with Crippen molar-refractivity contribution in [1.29, 1.82) is 0 Å². The second kappa shape index (κ2) is 8.20. The van der Waals surface area contributed by atoms with E-state index < -0.39 is 10.1 Å². The first-order valence-electron chi connectivity index (χ1n) is 6.64. The molecule has 0 aliphatic rings. The van der Waals surface area contributed by atoms with Gasteiger partial charge in [-0.2, -0.15) is 23.4 Å². The van der Waals surface area contributed by atoms with Gasteiger partial charge in [-0.3, -0.25) is 8.08 Å². The zero-order valence-corrected chi connectivity index (χ0v) is 16.1. The van der Waals surface area contributed by atoms with Gasteiger partial charge < -0.3 is 10.6 Å². The third-order valence-electron chi connectivity index (χ3n) is 2.75. The van der Waals surface area contributed by atoms with E-state index in [1.165, 1.54) is 18.2 Å². The van der Waals surface area contributed by atoms with E-state index >= 15 is 0 Å². The highest BCUT2D eigenvalue weighted by Gasteiger charge is 2.11. The fourth-order valence-corrected chi connectivity index (χ4v) is 2.54. The van der Waals surface area contributed by atoms with Crippen LogP contribution in [-0.2, 0) is 10.1 Å². The van der Waals surface area contributed by atoms with E-state index in [0.29, 0.717) is 12.2 Å². The summed E-state index contributed by atoms with van der Waals surface area (Å²) in [4.78, 5) is 11.8. The molecule has 1 heterocycles. The van der Waals surface area contributed by atoms with Gasteiger partial charge in [-0.25, -0.2) is 0 Å². The first-order chi connectivity index (χ1) is 11.3. The van der Waals surface area contributed by atoms with Crippen LogP contribution in [0.5, 0.6) is 0 Å². The molecule has 1 unspecified atom stereocenters. The molecule has 0 spiro atoms. The van der Waals surface area contributed by atoms with Crippen molar-refractivity contribution in [3.63, 3.8) is 0 Å². The van der Waals surface area contributed by atoms with Gasteiger partial charge in [-0.1, -0.05) is 6.07 Å². The van der Waals surface area contributed by atoms with Crippen molar-refractivity contribution >= 4 is 62.2 Å². The Bertz CT molecular complexity index is 822. The summed E-state index contributed by atoms with van der Waals surface area (Å²) < 4.78 is 34.5. The van der Waals surface area contributed by atoms with E-state index in [-0.39, 0.29) is 28.1 Å². The molecule has 1 atom stereocenters. The summed E-state index contributed by atoms with van der Waals surface area (Å²) in [5.74, 6) is 0.419. The van der Waals surface area contributed by atoms with Crippen LogP contribution in [0.2, 0.25) is 5.28 Å². The Kier molecular flexibility index (Phi) is 6.51. The molecule has 0 fully saturated rings. The number of anilines is 3. The Morgan fingerprint density at radius 2 is 2.00 bits per heavy atom. The zero-order valence-electron chi connectivity index (χ0n) is 12.4. The first kappa shape index (κ1) is 19.1. The highest BCUT2D eigenvalue weighted by atomic mass is 127. The lowest BCUT2D eigenvalue weighted by Gasteiger charge is -2.11. The minimum atomic E-state index is -4.29. The molecule has 0 aliphatic carbocycles. The molecule has 2 aromatic rings. The molecular formula is C12H14ClIN6O3S. The Balaban J connectivity index is 2.19. The third-order valence-corrected chi connectivity index (χ3v) is 4.83. The number of benzene rings is 1. The predicted molar refractivity (Wildman–Crippen MR) is 99.5 cm³/mol. The molecule has 0 saturated carbocycles. The standard InChI is InChI=1S/C12H14ClIN6O3S/c1-7(20-14)6-15-11-17-10(13)18-12(19-11)16-8-3-2-4-9(5-8)24(21,22)23/h2-5,7,20H,6H2,1H3,(H,21,22,23)(H2,15,16,17,18,19). The van der Waals surface area contributed by atoms with Gasteiger partial charge in [0.15, 0.2) is 0 Å². The first-order valence-corrected chi connectivity index (χ1v) is 9.54. The summed E-state index contributed by atoms with van der Waals surface area (Å²) in [6.45, 7) is 2.54. The number of hydrogen-bond donors (Lipinski definition) is 4. The molecule has 24 heavy (non-hydrogen) atoms. The van der Waals surface area contributed by atoms with E-state index in [0.717, 1.165) is 0 Å². The SMILES string of the molecule is CC(CNc1nc(Cl)nc(Nc2cccc(S(=O)(=O)O)c2)n1)NI. The summed E-state index contributed by atoms with van der Waals surface area (Å²) in [7, 11) is -4.29. The van der Waals surface area contributed by atoms with Crippen LogP contribution >= 0.6 is 34.5 Å². The van der Waals surface area contributed by atoms with Gasteiger partial charge in [-0.05, 0) is 36.7 Å². The molecule has 0 amide bonds. The molecule has 2 rings (SSSR count). The Morgan fingerprint density at radius 3 is 2.67 bits per heavy atom. The number of rotatable bonds is 7. The Hall–Kier alpha value is -1.28. The lowest BCUT2D eigenvalue weighted by Crippen LogP contribution is -2.26. The van der Waals surface area contributed by atoms with E-state index in [2.05, 4.69) is 29.1 Å². The molecule has 9 nitrogen and oxygen atoms in total. The van der Waals surface area contributed by atoms with Gasteiger partial charge in [0.25, 0.3) is 10.1 Å². The van der Waals surface area contributed by atoms with E-state index in [1.54, 1.807) is 6.07 Å². The molecule has 0 bridgehead atoms. The number of nitrogens with one attached hydrogen (secondary N) is 3. The average molecular weight is 485 g/mol. The highest BCUT2D eigenvalue weighted by Crippen LogP contribution is 2.19. The third kappa shape index (κ3) is 5.66. The van der Waals surface area contributed by atoms with Crippen LogP contribution in [0.3, 0.4) is 0 Å². The van der Waals surface area contributed by atoms with Crippen molar-refractivity contribution in [2.75, 3.05) is 17.2 Å². The van der Waals surface area contributed by atoms with E-state index in [1.807, 2.05) is 29.8 Å². The zero-order chi connectivity index (χ0) is 17.7. The van der Waals surface area contributed by atoms with Crippen LogP contribution in [0, 0.1) is 0 Å². The topological polar surface area (TPSA) is 129 Å². The van der Waals surface area contributed by atoms with E-state index in [4.69, 9.17) is 16.2 Å². The smallest absolute Gasteiger partial charge is 0.294 e. The molecule has 0 aliphatic heterocycles. The summed E-state index contributed by atoms with van der Waals surface area (Å²) in [6.07, 6.45) is 0. The van der Waals surface area contributed by atoms with Crippen molar-refractivity contribution in [2.24, 2.45) is 0 Å². The largest absolute Gasteiger partial charge is 0.352 e. The molecular weight excluding hydrogens is 471 g/mol. The molecule has 1 aromatic heterocycles. The number of nitrogens with zero attached hydrogens (tertiary/aromatic N) is 3. The van der Waals surface area contributed by atoms with Gasteiger partial charge in [0.1, 0.15) is 0 Å². The lowest BCUT2D eigenvalue weighted by molar-refractivity contribution is 0.483. The van der Waals surface area contributed by atoms with Crippen LogP contribution in [0.4, 0.5) is 17.6 Å². The molecule has 130 valence electrons. The monoisotopic (exact) mass is 484 g/mol. The maximum atomic E-state index is 11.2. The van der Waals surface area contributed by atoms with Crippen molar-refractivity contribution < 1.29 is 13.0 Å². The van der Waals surface area contributed by atoms with Crippen LogP contribution in [0.1, 0.15) is 6.92 Å². The predicted octanol–water partition coefficient (Wildman–Crippen LogP) is 2.26. The normalized spacial score (nSPS) is 12.7. The van der Waals surface area contributed by atoms with Crippen molar-refractivity contribution in [2.45, 2.75) is 17.9 Å². The fourth-order valence-electron chi connectivity index (χ4n) is 1.63. The molecule has 12 heteroatoms. The van der Waals surface area contributed by atoms with Crippen LogP contribution in [-0.4, -0.2) is 40.5 Å². The number of aromatic nitrogens is 3. The quantitative estimate of drug-likeness (QED) is 0.266. The van der Waals surface area contributed by atoms with Crippen molar-refractivity contribution in [3.8, 4) is 0 Å². The maximum Gasteiger partial charge on any atom is 0.294 e. The fraction of sp³-hybridized carbons (Fsp3) is 0.250. The van der Waals surface area contributed by atoms with Crippen LogP contribution < -0.4 is 14.2 Å². The molecule has 4 N–H and O–H groups in total. The Morgan fingerprint density at radius 1 is 1.29 bits per heavy atom. The summed E-state index contributed by atoms with van der Waals surface area (Å²) >= 11 is 7.92. The van der Waals surface area contributed by atoms with Crippen molar-refractivity contribution in [3.05, 3.63) is 29.5 Å². The van der Waals surface area contributed by atoms with Gasteiger partial charge in [0, 0.05) is 41.1 Å². The van der Waals surface area contributed by atoms with Crippen LogP contribution in [0.15, 0.2) is 29.2 Å². The minimum absolute atomic E-state index is 0.0176. The van der Waals surface area contributed by atoms with Crippen LogP contribution in [0.25, 0.3) is 0 Å². The average Bonchev–Trinajstić information content (AvgIpc) is 2.51. The lowest BCUT2D eigenvalue weighted by atomic mass is 10.3. The van der Waals surface area contributed by atoms with Gasteiger partial charge in [0.05, 0.1) is 4.90 Å². The summed E-state index contributed by atoms with van der Waals surface area (Å²) in [5, 5.41) is 5.81. The van der Waals surface area contributed by atoms with Crippen molar-refractivity contribution in [1.82, 2.24) is 18.5 Å². The summed E-state index contributed by atoms with van der Waals surface area (Å²) in [5.41, 5.74) is 0.376. The van der Waals surface area contributed by atoms with Gasteiger partial charge in [-0.15, -0.1) is 0 Å². The molecule has 1 aromatic carbocycles. The second-order valence-corrected chi connectivity index (χ2v) is 7.15. The Labute approximate surface area is 157 Å². The minimum Gasteiger partial charge on any atom is -0.352 e.